The van der Waals surface area contributed by atoms with Crippen molar-refractivity contribution >= 4 is 33.4 Å². The maximum Gasteiger partial charge on any atom is 0.0594 e. The van der Waals surface area contributed by atoms with Gasteiger partial charge in [0.2, 0.25) is 0 Å². The molecule has 3 rings (SSSR count). The van der Waals surface area contributed by atoms with Crippen molar-refractivity contribution in [3.63, 3.8) is 0 Å². The molecule has 0 aromatic heterocycles. The molecule has 1 aliphatic rings. The molecule has 0 aliphatic carbocycles. The summed E-state index contributed by atoms with van der Waals surface area (Å²) in [7, 11) is 0. The van der Waals surface area contributed by atoms with Gasteiger partial charge in [-0.2, -0.15) is 0 Å². The lowest BCUT2D eigenvalue weighted by Gasteiger charge is -2.33. The fourth-order valence-corrected chi connectivity index (χ4v) is 3.46. The van der Waals surface area contributed by atoms with Crippen LogP contribution in [0.15, 0.2) is 36.4 Å². The van der Waals surface area contributed by atoms with Gasteiger partial charge in [-0.1, -0.05) is 30.3 Å². The summed E-state index contributed by atoms with van der Waals surface area (Å²) in [5, 5.41) is 2.74. The number of nitrogens with zero attached hydrogens (tertiary/aromatic N) is 1. The highest BCUT2D eigenvalue weighted by atomic mass is 127. The zero-order valence-electron chi connectivity index (χ0n) is 11.1. The lowest BCUT2D eigenvalue weighted by Crippen LogP contribution is -2.38. The fourth-order valence-electron chi connectivity index (χ4n) is 2.81. The quantitative estimate of drug-likeness (QED) is 0.748. The van der Waals surface area contributed by atoms with Crippen molar-refractivity contribution in [1.82, 2.24) is 4.90 Å². The van der Waals surface area contributed by atoms with Crippen LogP contribution in [0.5, 0.6) is 0 Å². The zero-order chi connectivity index (χ0) is 13.2. The van der Waals surface area contributed by atoms with Crippen LogP contribution in [-0.4, -0.2) is 31.2 Å². The van der Waals surface area contributed by atoms with Crippen molar-refractivity contribution in [2.75, 3.05) is 26.3 Å². The SMILES string of the molecule is CC(c1ccc(I)c2ccccc12)N1CCOCC1. The smallest absolute Gasteiger partial charge is 0.0594 e. The second kappa shape index (κ2) is 5.77. The van der Waals surface area contributed by atoms with Crippen LogP contribution in [0.25, 0.3) is 10.8 Å². The molecular weight excluding hydrogens is 349 g/mol. The molecule has 1 unspecified atom stereocenters. The molecule has 1 fully saturated rings. The molecule has 3 heteroatoms. The number of morpholine rings is 1. The third kappa shape index (κ3) is 2.64. The molecule has 2 aromatic rings. The molecule has 1 heterocycles. The molecule has 1 atom stereocenters. The lowest BCUT2D eigenvalue weighted by molar-refractivity contribution is 0.0201. The average molecular weight is 367 g/mol. The third-order valence-corrected chi connectivity index (χ3v) is 4.89. The molecule has 0 N–H and O–H groups in total. The molecule has 2 nitrogen and oxygen atoms in total. The Labute approximate surface area is 127 Å². The molecule has 1 saturated heterocycles. The number of benzene rings is 2. The number of rotatable bonds is 2. The summed E-state index contributed by atoms with van der Waals surface area (Å²) in [6.45, 7) is 6.07. The van der Waals surface area contributed by atoms with Crippen molar-refractivity contribution in [3.05, 3.63) is 45.5 Å². The summed E-state index contributed by atoms with van der Waals surface area (Å²) in [5.41, 5.74) is 1.43. The summed E-state index contributed by atoms with van der Waals surface area (Å²) in [6.07, 6.45) is 0. The number of hydrogen-bond donors (Lipinski definition) is 0. The van der Waals surface area contributed by atoms with Gasteiger partial charge in [-0.3, -0.25) is 4.90 Å². The van der Waals surface area contributed by atoms with E-state index in [0.717, 1.165) is 26.3 Å². The first-order valence-corrected chi connectivity index (χ1v) is 7.84. The number of ether oxygens (including phenoxy) is 1. The van der Waals surface area contributed by atoms with Crippen LogP contribution in [0.3, 0.4) is 0 Å². The molecule has 0 bridgehead atoms. The molecule has 19 heavy (non-hydrogen) atoms. The van der Waals surface area contributed by atoms with Crippen LogP contribution in [0.2, 0.25) is 0 Å². The molecule has 0 spiro atoms. The van der Waals surface area contributed by atoms with Gasteiger partial charge in [-0.15, -0.1) is 0 Å². The van der Waals surface area contributed by atoms with Gasteiger partial charge in [-0.25, -0.2) is 0 Å². The van der Waals surface area contributed by atoms with E-state index in [9.17, 15) is 0 Å². The normalized spacial score (nSPS) is 18.6. The molecule has 1 aliphatic heterocycles. The summed E-state index contributed by atoms with van der Waals surface area (Å²) >= 11 is 2.42. The summed E-state index contributed by atoms with van der Waals surface area (Å²) in [6, 6.07) is 13.7. The van der Waals surface area contributed by atoms with Crippen LogP contribution in [-0.2, 0) is 4.74 Å². The highest BCUT2D eigenvalue weighted by Gasteiger charge is 2.20. The highest BCUT2D eigenvalue weighted by molar-refractivity contribution is 14.1. The Morgan fingerprint density at radius 2 is 1.74 bits per heavy atom. The topological polar surface area (TPSA) is 12.5 Å². The number of fused-ring (bicyclic) bond motifs is 1. The van der Waals surface area contributed by atoms with E-state index < -0.39 is 0 Å². The monoisotopic (exact) mass is 367 g/mol. The second-order valence-corrected chi connectivity index (χ2v) is 6.17. The molecular formula is C16H18INO. The molecule has 0 radical (unpaired) electrons. The van der Waals surface area contributed by atoms with Crippen molar-refractivity contribution in [2.45, 2.75) is 13.0 Å². The minimum absolute atomic E-state index is 0.450. The van der Waals surface area contributed by atoms with Crippen LogP contribution in [0, 0.1) is 3.57 Å². The lowest BCUT2D eigenvalue weighted by atomic mass is 9.98. The van der Waals surface area contributed by atoms with Crippen molar-refractivity contribution in [3.8, 4) is 0 Å². The van der Waals surface area contributed by atoms with Crippen molar-refractivity contribution in [1.29, 1.82) is 0 Å². The van der Waals surface area contributed by atoms with Gasteiger partial charge in [0.1, 0.15) is 0 Å². The van der Waals surface area contributed by atoms with E-state index in [-0.39, 0.29) is 0 Å². The first-order chi connectivity index (χ1) is 9.27. The maximum absolute atomic E-state index is 5.45. The van der Waals surface area contributed by atoms with Crippen LogP contribution < -0.4 is 0 Å². The van der Waals surface area contributed by atoms with E-state index in [2.05, 4.69) is 70.8 Å². The van der Waals surface area contributed by atoms with E-state index in [1.165, 1.54) is 19.9 Å². The van der Waals surface area contributed by atoms with E-state index in [1.54, 1.807) is 0 Å². The highest BCUT2D eigenvalue weighted by Crippen LogP contribution is 2.31. The van der Waals surface area contributed by atoms with E-state index in [4.69, 9.17) is 4.74 Å². The Kier molecular flexibility index (Phi) is 4.05. The standard InChI is InChI=1S/C16H18INO/c1-12(18-8-10-19-11-9-18)13-6-7-16(17)15-5-3-2-4-14(13)15/h2-7,12H,8-11H2,1H3. The first kappa shape index (κ1) is 13.3. The molecule has 2 aromatic carbocycles. The van der Waals surface area contributed by atoms with Gasteiger partial charge < -0.3 is 4.74 Å². The number of hydrogen-bond acceptors (Lipinski definition) is 2. The van der Waals surface area contributed by atoms with Gasteiger partial charge >= 0.3 is 0 Å². The zero-order valence-corrected chi connectivity index (χ0v) is 13.3. The van der Waals surface area contributed by atoms with E-state index in [0.29, 0.717) is 6.04 Å². The van der Waals surface area contributed by atoms with Crippen LogP contribution in [0.1, 0.15) is 18.5 Å². The Morgan fingerprint density at radius 3 is 2.47 bits per heavy atom. The molecule has 0 amide bonds. The molecule has 100 valence electrons. The third-order valence-electron chi connectivity index (χ3n) is 3.95. The van der Waals surface area contributed by atoms with Gasteiger partial charge in [0.15, 0.2) is 0 Å². The Bertz CT molecular complexity index is 578. The molecule has 0 saturated carbocycles. The summed E-state index contributed by atoms with van der Waals surface area (Å²) in [4.78, 5) is 2.51. The summed E-state index contributed by atoms with van der Waals surface area (Å²) in [5.74, 6) is 0. The van der Waals surface area contributed by atoms with E-state index in [1.807, 2.05) is 0 Å². The van der Waals surface area contributed by atoms with E-state index >= 15 is 0 Å². The van der Waals surface area contributed by atoms with Crippen molar-refractivity contribution in [2.24, 2.45) is 0 Å². The minimum atomic E-state index is 0.450. The van der Waals surface area contributed by atoms with Gasteiger partial charge in [0.25, 0.3) is 0 Å². The van der Waals surface area contributed by atoms with Gasteiger partial charge in [-0.05, 0) is 51.9 Å². The Balaban J connectivity index is 2.02. The maximum atomic E-state index is 5.45. The first-order valence-electron chi connectivity index (χ1n) is 6.76. The average Bonchev–Trinajstić information content (AvgIpc) is 2.48. The fraction of sp³-hybridized carbons (Fsp3) is 0.375. The minimum Gasteiger partial charge on any atom is -0.379 e. The van der Waals surface area contributed by atoms with Gasteiger partial charge in [0.05, 0.1) is 13.2 Å². The van der Waals surface area contributed by atoms with Crippen LogP contribution >= 0.6 is 22.6 Å². The number of halogens is 1. The van der Waals surface area contributed by atoms with Crippen molar-refractivity contribution < 1.29 is 4.74 Å². The Hall–Kier alpha value is -0.650. The van der Waals surface area contributed by atoms with Gasteiger partial charge in [0, 0.05) is 22.7 Å². The predicted molar refractivity (Wildman–Crippen MR) is 87.5 cm³/mol. The Morgan fingerprint density at radius 1 is 1.05 bits per heavy atom. The largest absolute Gasteiger partial charge is 0.379 e. The predicted octanol–water partition coefficient (Wildman–Crippen LogP) is 3.84. The van der Waals surface area contributed by atoms with Crippen LogP contribution in [0.4, 0.5) is 0 Å². The second-order valence-electron chi connectivity index (χ2n) is 5.01. The summed E-state index contributed by atoms with van der Waals surface area (Å²) < 4.78 is 6.77.